The van der Waals surface area contributed by atoms with Crippen LogP contribution in [0.25, 0.3) is 11.1 Å². The number of aryl methyl sites for hydroxylation is 1. The Balaban J connectivity index is 2.54. The molecule has 23 heavy (non-hydrogen) atoms. The van der Waals surface area contributed by atoms with Gasteiger partial charge in [-0.05, 0) is 43.5 Å². The van der Waals surface area contributed by atoms with Gasteiger partial charge in [-0.1, -0.05) is 19.4 Å². The molecule has 0 atom stereocenters. The highest BCUT2D eigenvalue weighted by Gasteiger charge is 2.14. The second-order valence-electron chi connectivity index (χ2n) is 5.25. The van der Waals surface area contributed by atoms with Gasteiger partial charge in [0, 0.05) is 11.3 Å². The van der Waals surface area contributed by atoms with E-state index in [4.69, 9.17) is 10.5 Å². The number of rotatable bonds is 6. The van der Waals surface area contributed by atoms with Gasteiger partial charge in [0.05, 0.1) is 6.61 Å². The Morgan fingerprint density at radius 1 is 1.30 bits per heavy atom. The number of nitrogens with two attached hydrogens (primary N) is 1. The third-order valence-corrected chi connectivity index (χ3v) is 3.57. The molecule has 0 aliphatic carbocycles. The van der Waals surface area contributed by atoms with Crippen molar-refractivity contribution < 1.29 is 9.84 Å². The van der Waals surface area contributed by atoms with E-state index in [0.717, 1.165) is 30.5 Å². The summed E-state index contributed by atoms with van der Waals surface area (Å²) in [5.74, 6) is 0.698. The van der Waals surface area contributed by atoms with Crippen LogP contribution >= 0.6 is 0 Å². The first-order valence-corrected chi connectivity index (χ1v) is 7.76. The second-order valence-corrected chi connectivity index (χ2v) is 5.25. The first kappa shape index (κ1) is 16.6. The van der Waals surface area contributed by atoms with Crippen LogP contribution in [-0.4, -0.2) is 16.7 Å². The molecule has 0 bridgehead atoms. The van der Waals surface area contributed by atoms with Crippen molar-refractivity contribution in [3.8, 4) is 28.7 Å². The van der Waals surface area contributed by atoms with Crippen molar-refractivity contribution in [3.63, 3.8) is 0 Å². The molecule has 1 heterocycles. The van der Waals surface area contributed by atoms with Gasteiger partial charge in [0.1, 0.15) is 17.5 Å². The normalized spacial score (nSPS) is 10.3. The van der Waals surface area contributed by atoms with Crippen LogP contribution in [0, 0.1) is 11.3 Å². The predicted molar refractivity (Wildman–Crippen MR) is 90.2 cm³/mol. The third kappa shape index (κ3) is 3.72. The van der Waals surface area contributed by atoms with Crippen molar-refractivity contribution in [2.24, 2.45) is 0 Å². The summed E-state index contributed by atoms with van der Waals surface area (Å²) in [4.78, 5) is 4.32. The van der Waals surface area contributed by atoms with Crippen LogP contribution in [0.3, 0.4) is 0 Å². The molecule has 120 valence electrons. The maximum absolute atomic E-state index is 9.84. The number of phenols is 1. The average Bonchev–Trinajstić information content (AvgIpc) is 2.54. The Morgan fingerprint density at radius 3 is 2.74 bits per heavy atom. The minimum Gasteiger partial charge on any atom is -0.504 e. The monoisotopic (exact) mass is 311 g/mol. The molecule has 0 unspecified atom stereocenters. The Bertz CT molecular complexity index is 736. The lowest BCUT2D eigenvalue weighted by Crippen LogP contribution is -2.02. The summed E-state index contributed by atoms with van der Waals surface area (Å²) >= 11 is 0. The number of anilines is 1. The number of ether oxygens (including phenoxy) is 1. The number of nitrogen functional groups attached to an aromatic ring is 1. The van der Waals surface area contributed by atoms with Crippen molar-refractivity contribution in [3.05, 3.63) is 35.5 Å². The summed E-state index contributed by atoms with van der Waals surface area (Å²) in [5, 5.41) is 19.2. The van der Waals surface area contributed by atoms with Crippen molar-refractivity contribution in [1.82, 2.24) is 4.98 Å². The number of hydrogen-bond acceptors (Lipinski definition) is 5. The molecule has 0 saturated carbocycles. The molecule has 0 aliphatic heterocycles. The molecule has 3 N–H and O–H groups in total. The highest BCUT2D eigenvalue weighted by Crippen LogP contribution is 2.34. The van der Waals surface area contributed by atoms with Crippen molar-refractivity contribution in [2.45, 2.75) is 33.1 Å². The van der Waals surface area contributed by atoms with E-state index < -0.39 is 0 Å². The van der Waals surface area contributed by atoms with E-state index in [1.807, 2.05) is 13.0 Å². The second kappa shape index (κ2) is 7.50. The number of phenolic OH excluding ortho intramolecular Hbond substituents is 1. The Hall–Kier alpha value is -2.74. The molecule has 2 rings (SSSR count). The average molecular weight is 311 g/mol. The summed E-state index contributed by atoms with van der Waals surface area (Å²) in [6.07, 6.45) is 2.89. The van der Waals surface area contributed by atoms with Gasteiger partial charge in [0.25, 0.3) is 0 Å². The van der Waals surface area contributed by atoms with Gasteiger partial charge in [-0.25, -0.2) is 4.98 Å². The fourth-order valence-corrected chi connectivity index (χ4v) is 2.40. The van der Waals surface area contributed by atoms with Gasteiger partial charge in [0.15, 0.2) is 11.5 Å². The molecular formula is C18H21N3O2. The van der Waals surface area contributed by atoms with E-state index in [1.165, 1.54) is 0 Å². The molecule has 0 radical (unpaired) electrons. The highest BCUT2D eigenvalue weighted by molar-refractivity contribution is 5.77. The predicted octanol–water partition coefficient (Wildman–Crippen LogP) is 3.65. The van der Waals surface area contributed by atoms with E-state index in [2.05, 4.69) is 18.0 Å². The fourth-order valence-electron chi connectivity index (χ4n) is 2.40. The number of unbranched alkanes of at least 4 members (excludes halogenated alkanes) is 1. The SMILES string of the molecule is CCCCc1cc(-c2ccc(O)c(OCC)c2)c(C#N)c(N)n1. The molecule has 0 fully saturated rings. The summed E-state index contributed by atoms with van der Waals surface area (Å²) in [7, 11) is 0. The third-order valence-electron chi connectivity index (χ3n) is 3.57. The molecule has 1 aromatic carbocycles. The molecule has 0 spiro atoms. The highest BCUT2D eigenvalue weighted by atomic mass is 16.5. The Morgan fingerprint density at radius 2 is 2.09 bits per heavy atom. The topological polar surface area (TPSA) is 92.2 Å². The number of benzene rings is 1. The number of aromatic nitrogens is 1. The molecule has 0 aliphatic rings. The van der Waals surface area contributed by atoms with Crippen LogP contribution in [0.2, 0.25) is 0 Å². The number of nitriles is 1. The zero-order valence-electron chi connectivity index (χ0n) is 13.5. The lowest BCUT2D eigenvalue weighted by Gasteiger charge is -2.12. The number of pyridine rings is 1. The summed E-state index contributed by atoms with van der Waals surface area (Å²) < 4.78 is 5.42. The van der Waals surface area contributed by atoms with Crippen molar-refractivity contribution in [2.75, 3.05) is 12.3 Å². The number of nitrogens with zero attached hydrogens (tertiary/aromatic N) is 2. The molecule has 0 amide bonds. The van der Waals surface area contributed by atoms with E-state index in [9.17, 15) is 10.4 Å². The molecular weight excluding hydrogens is 290 g/mol. The quantitative estimate of drug-likeness (QED) is 0.849. The van der Waals surface area contributed by atoms with Gasteiger partial charge < -0.3 is 15.6 Å². The van der Waals surface area contributed by atoms with Gasteiger partial charge >= 0.3 is 0 Å². The fraction of sp³-hybridized carbons (Fsp3) is 0.333. The van der Waals surface area contributed by atoms with E-state index in [1.54, 1.807) is 18.2 Å². The van der Waals surface area contributed by atoms with Gasteiger partial charge in [-0.3, -0.25) is 0 Å². The zero-order valence-corrected chi connectivity index (χ0v) is 13.5. The van der Waals surface area contributed by atoms with Gasteiger partial charge in [-0.2, -0.15) is 5.26 Å². The van der Waals surface area contributed by atoms with Gasteiger partial charge in [-0.15, -0.1) is 0 Å². The van der Waals surface area contributed by atoms with Crippen LogP contribution < -0.4 is 10.5 Å². The van der Waals surface area contributed by atoms with Gasteiger partial charge in [0.2, 0.25) is 0 Å². The minimum atomic E-state index is 0.0716. The summed E-state index contributed by atoms with van der Waals surface area (Å²) in [6, 6.07) is 9.04. The molecule has 2 aromatic rings. The first-order valence-electron chi connectivity index (χ1n) is 7.76. The van der Waals surface area contributed by atoms with Crippen molar-refractivity contribution >= 4 is 5.82 Å². The first-order chi connectivity index (χ1) is 11.1. The number of hydrogen-bond donors (Lipinski definition) is 2. The Labute approximate surface area is 136 Å². The van der Waals surface area contributed by atoms with Crippen LogP contribution in [0.4, 0.5) is 5.82 Å². The van der Waals surface area contributed by atoms with Crippen LogP contribution in [0.5, 0.6) is 11.5 Å². The minimum absolute atomic E-state index is 0.0716. The van der Waals surface area contributed by atoms with Crippen LogP contribution in [0.15, 0.2) is 24.3 Å². The maximum atomic E-state index is 9.84. The summed E-state index contributed by atoms with van der Waals surface area (Å²) in [5.41, 5.74) is 8.65. The smallest absolute Gasteiger partial charge is 0.161 e. The lowest BCUT2D eigenvalue weighted by molar-refractivity contribution is 0.318. The molecule has 5 heteroatoms. The Kier molecular flexibility index (Phi) is 5.42. The van der Waals surface area contributed by atoms with E-state index >= 15 is 0 Å². The van der Waals surface area contributed by atoms with E-state index in [0.29, 0.717) is 23.5 Å². The number of aromatic hydroxyl groups is 1. The molecule has 1 aromatic heterocycles. The molecule has 0 saturated heterocycles. The summed E-state index contributed by atoms with van der Waals surface area (Å²) in [6.45, 7) is 4.41. The van der Waals surface area contributed by atoms with Crippen molar-refractivity contribution in [1.29, 1.82) is 5.26 Å². The molecule has 5 nitrogen and oxygen atoms in total. The zero-order chi connectivity index (χ0) is 16.8. The largest absolute Gasteiger partial charge is 0.504 e. The lowest BCUT2D eigenvalue weighted by atomic mass is 9.98. The van der Waals surface area contributed by atoms with Crippen LogP contribution in [0.1, 0.15) is 37.9 Å². The standard InChI is InChI=1S/C18H21N3O2/c1-3-5-6-13-10-14(15(11-19)18(20)21-13)12-7-8-16(22)17(9-12)23-4-2/h7-10,22H,3-6H2,1-2H3,(H2,20,21). The van der Waals surface area contributed by atoms with E-state index in [-0.39, 0.29) is 11.6 Å². The maximum Gasteiger partial charge on any atom is 0.161 e. The van der Waals surface area contributed by atoms with Crippen LogP contribution in [-0.2, 0) is 6.42 Å².